The Balaban J connectivity index is 2.14. The summed E-state index contributed by atoms with van der Waals surface area (Å²) >= 11 is 3.44. The quantitative estimate of drug-likeness (QED) is 0.876. The molecule has 0 aliphatic heterocycles. The summed E-state index contributed by atoms with van der Waals surface area (Å²) in [6, 6.07) is 7.64. The average Bonchev–Trinajstić information content (AvgIpc) is 2.65. The number of benzene rings is 1. The van der Waals surface area contributed by atoms with Gasteiger partial charge in [-0.25, -0.2) is 0 Å². The zero-order valence-corrected chi connectivity index (χ0v) is 10.5. The third kappa shape index (κ3) is 2.86. The maximum Gasteiger partial charge on any atom is 0.299 e. The lowest BCUT2D eigenvalue weighted by Gasteiger charge is -2.00. The van der Waals surface area contributed by atoms with Crippen LogP contribution in [-0.2, 0) is 6.61 Å². The Labute approximate surface area is 104 Å². The second-order valence-electron chi connectivity index (χ2n) is 2.68. The number of aliphatic hydroxyl groups excluding tert-OH is 1. The summed E-state index contributed by atoms with van der Waals surface area (Å²) < 4.78 is 6.57. The van der Waals surface area contributed by atoms with Crippen molar-refractivity contribution in [3.05, 3.63) is 32.8 Å². The van der Waals surface area contributed by atoms with E-state index < -0.39 is 0 Å². The molecule has 2 aromatic rings. The number of aliphatic hydroxyl groups is 1. The smallest absolute Gasteiger partial charge is 0.299 e. The number of nitrogens with zero attached hydrogens (tertiary/aromatic N) is 2. The predicted molar refractivity (Wildman–Crippen MR) is 65.1 cm³/mol. The highest BCUT2D eigenvalue weighted by Crippen LogP contribution is 2.25. The SMILES string of the molecule is OCc1nnc(Oc2cccc(I)c2)s1. The molecule has 6 heteroatoms. The minimum Gasteiger partial charge on any atom is -0.430 e. The van der Waals surface area contributed by atoms with E-state index in [1.54, 1.807) is 0 Å². The third-order valence-corrected chi connectivity index (χ3v) is 3.04. The standard InChI is InChI=1S/C9H7IN2O2S/c10-6-2-1-3-7(4-6)14-9-12-11-8(5-13)15-9/h1-4,13H,5H2. The molecule has 1 aromatic carbocycles. The van der Waals surface area contributed by atoms with Crippen LogP contribution in [-0.4, -0.2) is 15.3 Å². The van der Waals surface area contributed by atoms with E-state index in [4.69, 9.17) is 9.84 Å². The van der Waals surface area contributed by atoms with Crippen LogP contribution >= 0.6 is 33.9 Å². The van der Waals surface area contributed by atoms with Crippen molar-refractivity contribution in [2.24, 2.45) is 0 Å². The van der Waals surface area contributed by atoms with E-state index in [1.807, 2.05) is 24.3 Å². The summed E-state index contributed by atoms with van der Waals surface area (Å²) in [5, 5.41) is 17.3. The van der Waals surface area contributed by atoms with Gasteiger partial charge in [0, 0.05) is 3.57 Å². The molecule has 0 aliphatic rings. The van der Waals surface area contributed by atoms with Crippen molar-refractivity contribution in [3.8, 4) is 10.9 Å². The number of hydrogen-bond acceptors (Lipinski definition) is 5. The van der Waals surface area contributed by atoms with Gasteiger partial charge in [-0.3, -0.25) is 0 Å². The number of halogens is 1. The van der Waals surface area contributed by atoms with Crippen LogP contribution in [0.5, 0.6) is 10.9 Å². The van der Waals surface area contributed by atoms with Gasteiger partial charge in [0.2, 0.25) is 0 Å². The Kier molecular flexibility index (Phi) is 3.49. The van der Waals surface area contributed by atoms with E-state index in [1.165, 1.54) is 11.3 Å². The Morgan fingerprint density at radius 2 is 2.27 bits per heavy atom. The van der Waals surface area contributed by atoms with Crippen LogP contribution in [0.3, 0.4) is 0 Å². The fourth-order valence-electron chi connectivity index (χ4n) is 0.975. The molecule has 0 spiro atoms. The van der Waals surface area contributed by atoms with Crippen molar-refractivity contribution in [2.75, 3.05) is 0 Å². The van der Waals surface area contributed by atoms with E-state index in [0.717, 1.165) is 9.32 Å². The van der Waals surface area contributed by atoms with E-state index >= 15 is 0 Å². The molecule has 0 saturated carbocycles. The van der Waals surface area contributed by atoms with E-state index in [-0.39, 0.29) is 6.61 Å². The molecule has 15 heavy (non-hydrogen) atoms. The first kappa shape index (κ1) is 10.8. The highest BCUT2D eigenvalue weighted by molar-refractivity contribution is 14.1. The number of hydrogen-bond donors (Lipinski definition) is 1. The third-order valence-electron chi connectivity index (χ3n) is 1.58. The minimum absolute atomic E-state index is 0.104. The lowest BCUT2D eigenvalue weighted by molar-refractivity contribution is 0.280. The molecule has 0 atom stereocenters. The van der Waals surface area contributed by atoms with E-state index in [0.29, 0.717) is 10.2 Å². The molecule has 0 bridgehead atoms. The molecule has 0 radical (unpaired) electrons. The predicted octanol–water partition coefficient (Wildman–Crippen LogP) is 2.43. The number of ether oxygens (including phenoxy) is 1. The maximum atomic E-state index is 8.81. The van der Waals surface area contributed by atoms with Gasteiger partial charge in [-0.2, -0.15) is 0 Å². The molecule has 2 rings (SSSR count). The van der Waals surface area contributed by atoms with E-state index in [2.05, 4.69) is 32.8 Å². The van der Waals surface area contributed by atoms with Gasteiger partial charge < -0.3 is 9.84 Å². The second-order valence-corrected chi connectivity index (χ2v) is 4.95. The van der Waals surface area contributed by atoms with Crippen LogP contribution in [0.15, 0.2) is 24.3 Å². The summed E-state index contributed by atoms with van der Waals surface area (Å²) in [5.74, 6) is 0.725. The van der Waals surface area contributed by atoms with Crippen molar-refractivity contribution in [1.29, 1.82) is 0 Å². The van der Waals surface area contributed by atoms with Crippen LogP contribution in [0.1, 0.15) is 5.01 Å². The molecule has 1 heterocycles. The van der Waals surface area contributed by atoms with Crippen molar-refractivity contribution >= 4 is 33.9 Å². The van der Waals surface area contributed by atoms with Gasteiger partial charge in [0.05, 0.1) is 6.61 Å². The summed E-state index contributed by atoms with van der Waals surface area (Å²) in [6.45, 7) is -0.104. The number of aromatic nitrogens is 2. The topological polar surface area (TPSA) is 55.2 Å². The molecule has 78 valence electrons. The fraction of sp³-hybridized carbons (Fsp3) is 0.111. The first-order valence-electron chi connectivity index (χ1n) is 4.14. The average molecular weight is 334 g/mol. The lowest BCUT2D eigenvalue weighted by Crippen LogP contribution is -1.83. The molecular formula is C9H7IN2O2S. The zero-order valence-electron chi connectivity index (χ0n) is 7.55. The number of rotatable bonds is 3. The van der Waals surface area contributed by atoms with Crippen LogP contribution < -0.4 is 4.74 Å². The van der Waals surface area contributed by atoms with Gasteiger partial charge in [0.25, 0.3) is 5.19 Å². The largest absolute Gasteiger partial charge is 0.430 e. The van der Waals surface area contributed by atoms with Crippen molar-refractivity contribution in [2.45, 2.75) is 6.61 Å². The highest BCUT2D eigenvalue weighted by Gasteiger charge is 2.05. The summed E-state index contributed by atoms with van der Waals surface area (Å²) in [6.07, 6.45) is 0. The van der Waals surface area contributed by atoms with Gasteiger partial charge in [0.1, 0.15) is 10.8 Å². The van der Waals surface area contributed by atoms with Gasteiger partial charge in [0.15, 0.2) is 0 Å². The minimum atomic E-state index is -0.104. The molecular weight excluding hydrogens is 327 g/mol. The van der Waals surface area contributed by atoms with Crippen molar-refractivity contribution < 1.29 is 9.84 Å². The van der Waals surface area contributed by atoms with Gasteiger partial charge in [-0.1, -0.05) is 22.5 Å². The molecule has 0 aliphatic carbocycles. The molecule has 0 saturated heterocycles. The van der Waals surface area contributed by atoms with Gasteiger partial charge in [-0.15, -0.1) is 5.10 Å². The Morgan fingerprint density at radius 3 is 2.93 bits per heavy atom. The summed E-state index contributed by atoms with van der Waals surface area (Å²) in [7, 11) is 0. The Morgan fingerprint density at radius 1 is 1.40 bits per heavy atom. The molecule has 1 N–H and O–H groups in total. The molecule has 0 unspecified atom stereocenters. The lowest BCUT2D eigenvalue weighted by atomic mass is 10.3. The second kappa shape index (κ2) is 4.86. The Bertz CT molecular complexity index is 461. The van der Waals surface area contributed by atoms with Crippen molar-refractivity contribution in [1.82, 2.24) is 10.2 Å². The van der Waals surface area contributed by atoms with Gasteiger partial charge >= 0.3 is 0 Å². The molecule has 1 aromatic heterocycles. The molecule has 4 nitrogen and oxygen atoms in total. The zero-order chi connectivity index (χ0) is 10.7. The van der Waals surface area contributed by atoms with E-state index in [9.17, 15) is 0 Å². The normalized spacial score (nSPS) is 10.3. The first-order chi connectivity index (χ1) is 7.28. The molecule has 0 fully saturated rings. The molecule has 0 amide bonds. The van der Waals surface area contributed by atoms with Crippen LogP contribution in [0, 0.1) is 3.57 Å². The monoisotopic (exact) mass is 334 g/mol. The van der Waals surface area contributed by atoms with Crippen LogP contribution in [0.4, 0.5) is 0 Å². The highest BCUT2D eigenvalue weighted by atomic mass is 127. The van der Waals surface area contributed by atoms with Crippen molar-refractivity contribution in [3.63, 3.8) is 0 Å². The Hall–Kier alpha value is -0.730. The summed E-state index contributed by atoms with van der Waals surface area (Å²) in [4.78, 5) is 0. The summed E-state index contributed by atoms with van der Waals surface area (Å²) in [5.41, 5.74) is 0. The fourth-order valence-corrected chi connectivity index (χ4v) is 2.06. The van der Waals surface area contributed by atoms with Gasteiger partial charge in [-0.05, 0) is 40.8 Å². The first-order valence-corrected chi connectivity index (χ1v) is 6.04. The maximum absolute atomic E-state index is 8.81. The van der Waals surface area contributed by atoms with Crippen LogP contribution in [0.25, 0.3) is 0 Å². The van der Waals surface area contributed by atoms with Crippen LogP contribution in [0.2, 0.25) is 0 Å².